The minimum atomic E-state index is 0.181. The molecule has 0 saturated carbocycles. The molecule has 0 radical (unpaired) electrons. The van der Waals surface area contributed by atoms with Crippen molar-refractivity contribution in [3.8, 4) is 0 Å². The van der Waals surface area contributed by atoms with Crippen LogP contribution in [0.1, 0.15) is 45.6 Å². The van der Waals surface area contributed by atoms with E-state index < -0.39 is 0 Å². The zero-order chi connectivity index (χ0) is 10.6. The van der Waals surface area contributed by atoms with Crippen LogP contribution in [-0.2, 0) is 5.41 Å². The van der Waals surface area contributed by atoms with Gasteiger partial charge in [0.15, 0.2) is 0 Å². The summed E-state index contributed by atoms with van der Waals surface area (Å²) in [5, 5.41) is 0.658. The van der Waals surface area contributed by atoms with E-state index in [4.69, 9.17) is 11.6 Å². The fourth-order valence-electron chi connectivity index (χ4n) is 1.89. The topological polar surface area (TPSA) is 12.9 Å². The van der Waals surface area contributed by atoms with Crippen LogP contribution in [0.5, 0.6) is 0 Å². The molecule has 2 heteroatoms. The minimum absolute atomic E-state index is 0.181. The Morgan fingerprint density at radius 3 is 2.64 bits per heavy atom. The first-order valence-corrected chi connectivity index (χ1v) is 5.63. The smallest absolute Gasteiger partial charge is 0.132 e. The Balaban J connectivity index is 3.05. The largest absolute Gasteiger partial charge is 0.244 e. The molecule has 0 spiro atoms. The summed E-state index contributed by atoms with van der Waals surface area (Å²) in [5.74, 6) is 0. The lowest BCUT2D eigenvalue weighted by Gasteiger charge is -2.28. The molecule has 0 aromatic carbocycles. The second-order valence-corrected chi connectivity index (χ2v) is 4.36. The van der Waals surface area contributed by atoms with Crippen molar-refractivity contribution in [1.82, 2.24) is 4.98 Å². The first-order valence-electron chi connectivity index (χ1n) is 5.25. The average Bonchev–Trinajstić information content (AvgIpc) is 2.18. The molecule has 0 fully saturated rings. The van der Waals surface area contributed by atoms with E-state index in [9.17, 15) is 0 Å². The van der Waals surface area contributed by atoms with Crippen molar-refractivity contribution in [3.05, 3.63) is 29.0 Å². The lowest BCUT2D eigenvalue weighted by Crippen LogP contribution is -2.21. The summed E-state index contributed by atoms with van der Waals surface area (Å²) in [4.78, 5) is 4.14. The Morgan fingerprint density at radius 2 is 2.14 bits per heavy atom. The number of hydrogen-bond acceptors (Lipinski definition) is 1. The third-order valence-electron chi connectivity index (χ3n) is 2.99. The van der Waals surface area contributed by atoms with Gasteiger partial charge in [-0.05, 0) is 29.9 Å². The first kappa shape index (κ1) is 11.5. The summed E-state index contributed by atoms with van der Waals surface area (Å²) in [6.07, 6.45) is 5.19. The highest BCUT2D eigenvalue weighted by molar-refractivity contribution is 6.30. The molecular formula is C12H18ClN. The fourth-order valence-corrected chi connectivity index (χ4v) is 2.24. The first-order chi connectivity index (χ1) is 6.64. The highest BCUT2D eigenvalue weighted by atomic mass is 35.5. The van der Waals surface area contributed by atoms with Crippen LogP contribution >= 0.6 is 11.6 Å². The fraction of sp³-hybridized carbons (Fsp3) is 0.583. The maximum absolute atomic E-state index is 6.11. The zero-order valence-electron chi connectivity index (χ0n) is 9.18. The SMILES string of the molecule is CCCC(C)(CC)c1cccnc1Cl. The van der Waals surface area contributed by atoms with E-state index in [1.165, 1.54) is 12.0 Å². The van der Waals surface area contributed by atoms with Gasteiger partial charge in [-0.3, -0.25) is 0 Å². The molecule has 1 heterocycles. The third kappa shape index (κ3) is 2.27. The van der Waals surface area contributed by atoms with Crippen LogP contribution in [-0.4, -0.2) is 4.98 Å². The minimum Gasteiger partial charge on any atom is -0.244 e. The van der Waals surface area contributed by atoms with Crippen LogP contribution < -0.4 is 0 Å². The van der Waals surface area contributed by atoms with E-state index >= 15 is 0 Å². The standard InChI is InChI=1S/C12H18ClN/c1-4-8-12(3,5-2)10-7-6-9-14-11(10)13/h6-7,9H,4-5,8H2,1-3H3. The van der Waals surface area contributed by atoms with Crippen LogP contribution in [0.4, 0.5) is 0 Å². The predicted molar refractivity (Wildman–Crippen MR) is 61.8 cm³/mol. The van der Waals surface area contributed by atoms with Gasteiger partial charge in [0.1, 0.15) is 5.15 Å². The summed E-state index contributed by atoms with van der Waals surface area (Å²) in [6, 6.07) is 4.05. The normalized spacial score (nSPS) is 15.1. The highest BCUT2D eigenvalue weighted by Gasteiger charge is 2.25. The maximum atomic E-state index is 6.11. The van der Waals surface area contributed by atoms with Crippen LogP contribution in [0.2, 0.25) is 5.15 Å². The number of halogens is 1. The van der Waals surface area contributed by atoms with Crippen molar-refractivity contribution in [3.63, 3.8) is 0 Å². The van der Waals surface area contributed by atoms with Crippen molar-refractivity contribution in [2.75, 3.05) is 0 Å². The lowest BCUT2D eigenvalue weighted by atomic mass is 9.77. The number of nitrogens with zero attached hydrogens (tertiary/aromatic N) is 1. The Kier molecular flexibility index (Phi) is 3.94. The van der Waals surface area contributed by atoms with E-state index in [2.05, 4.69) is 31.8 Å². The molecule has 0 saturated heterocycles. The van der Waals surface area contributed by atoms with Gasteiger partial charge in [-0.25, -0.2) is 4.98 Å². The second-order valence-electron chi connectivity index (χ2n) is 4.01. The molecule has 78 valence electrons. The van der Waals surface area contributed by atoms with E-state index in [0.717, 1.165) is 12.8 Å². The van der Waals surface area contributed by atoms with Gasteiger partial charge in [-0.2, -0.15) is 0 Å². The molecule has 1 nitrogen and oxygen atoms in total. The van der Waals surface area contributed by atoms with Gasteiger partial charge in [0.25, 0.3) is 0 Å². The number of pyridine rings is 1. The Labute approximate surface area is 91.5 Å². The molecule has 0 bridgehead atoms. The second kappa shape index (κ2) is 4.79. The Hall–Kier alpha value is -0.560. The molecule has 1 aromatic heterocycles. The molecule has 14 heavy (non-hydrogen) atoms. The summed E-state index contributed by atoms with van der Waals surface area (Å²) in [6.45, 7) is 6.68. The summed E-state index contributed by atoms with van der Waals surface area (Å²) in [5.41, 5.74) is 1.37. The number of rotatable bonds is 4. The Morgan fingerprint density at radius 1 is 1.43 bits per heavy atom. The quantitative estimate of drug-likeness (QED) is 0.681. The predicted octanol–water partition coefficient (Wildman–Crippen LogP) is 4.20. The molecule has 0 aliphatic rings. The van der Waals surface area contributed by atoms with Gasteiger partial charge < -0.3 is 0 Å². The molecule has 0 N–H and O–H groups in total. The number of aromatic nitrogens is 1. The molecule has 0 aliphatic carbocycles. The summed E-state index contributed by atoms with van der Waals surface area (Å²) < 4.78 is 0. The maximum Gasteiger partial charge on any atom is 0.132 e. The summed E-state index contributed by atoms with van der Waals surface area (Å²) in [7, 11) is 0. The van der Waals surface area contributed by atoms with Crippen molar-refractivity contribution in [1.29, 1.82) is 0 Å². The lowest BCUT2D eigenvalue weighted by molar-refractivity contribution is 0.413. The zero-order valence-corrected chi connectivity index (χ0v) is 9.93. The Bertz CT molecular complexity index is 298. The molecule has 1 rings (SSSR count). The van der Waals surface area contributed by atoms with E-state index in [1.807, 2.05) is 6.07 Å². The molecule has 1 unspecified atom stereocenters. The number of hydrogen-bond donors (Lipinski definition) is 0. The molecule has 1 aromatic rings. The van der Waals surface area contributed by atoms with Crippen LogP contribution in [0.3, 0.4) is 0 Å². The van der Waals surface area contributed by atoms with E-state index in [1.54, 1.807) is 6.20 Å². The highest BCUT2D eigenvalue weighted by Crippen LogP contribution is 2.35. The van der Waals surface area contributed by atoms with Gasteiger partial charge in [0, 0.05) is 6.20 Å². The average molecular weight is 212 g/mol. The van der Waals surface area contributed by atoms with Crippen LogP contribution in [0, 0.1) is 0 Å². The van der Waals surface area contributed by atoms with Crippen molar-refractivity contribution < 1.29 is 0 Å². The van der Waals surface area contributed by atoms with Gasteiger partial charge in [-0.15, -0.1) is 0 Å². The molecule has 1 atom stereocenters. The van der Waals surface area contributed by atoms with Gasteiger partial charge in [0.2, 0.25) is 0 Å². The third-order valence-corrected chi connectivity index (χ3v) is 3.29. The van der Waals surface area contributed by atoms with Crippen molar-refractivity contribution >= 4 is 11.6 Å². The molecular weight excluding hydrogens is 194 g/mol. The monoisotopic (exact) mass is 211 g/mol. The van der Waals surface area contributed by atoms with Crippen LogP contribution in [0.25, 0.3) is 0 Å². The van der Waals surface area contributed by atoms with E-state index in [-0.39, 0.29) is 5.41 Å². The van der Waals surface area contributed by atoms with Crippen molar-refractivity contribution in [2.24, 2.45) is 0 Å². The van der Waals surface area contributed by atoms with Crippen LogP contribution in [0.15, 0.2) is 18.3 Å². The van der Waals surface area contributed by atoms with E-state index in [0.29, 0.717) is 5.15 Å². The molecule has 0 aliphatic heterocycles. The van der Waals surface area contributed by atoms with Crippen molar-refractivity contribution in [2.45, 2.75) is 45.4 Å². The van der Waals surface area contributed by atoms with Gasteiger partial charge >= 0.3 is 0 Å². The van der Waals surface area contributed by atoms with Gasteiger partial charge in [-0.1, -0.05) is 44.9 Å². The summed E-state index contributed by atoms with van der Waals surface area (Å²) >= 11 is 6.11. The van der Waals surface area contributed by atoms with Gasteiger partial charge in [0.05, 0.1) is 0 Å². The molecule has 0 amide bonds.